The molecule has 8 nitrogen and oxygen atoms in total. The molecule has 2 aromatic heterocycles. The highest BCUT2D eigenvalue weighted by atomic mass is 35.5. The molecule has 2 atom stereocenters. The molecule has 0 aliphatic heterocycles. The number of rotatable bonds is 11. The Balaban J connectivity index is 1.85. The fourth-order valence-electron chi connectivity index (χ4n) is 4.41. The van der Waals surface area contributed by atoms with Crippen molar-refractivity contribution < 1.29 is 9.53 Å². The van der Waals surface area contributed by atoms with Crippen LogP contribution in [0.2, 0.25) is 5.02 Å². The number of hydrogen-bond donors (Lipinski definition) is 2. The van der Waals surface area contributed by atoms with Gasteiger partial charge >= 0.3 is 6.09 Å². The van der Waals surface area contributed by atoms with Crippen molar-refractivity contribution in [3.63, 3.8) is 0 Å². The van der Waals surface area contributed by atoms with E-state index in [2.05, 4.69) is 10.1 Å². The van der Waals surface area contributed by atoms with E-state index in [0.29, 0.717) is 30.0 Å². The second kappa shape index (κ2) is 12.0. The number of aromatic nitrogens is 3. The van der Waals surface area contributed by atoms with Crippen LogP contribution >= 0.6 is 11.6 Å². The molecule has 0 saturated carbocycles. The lowest BCUT2D eigenvalue weighted by atomic mass is 9.85. The zero-order chi connectivity index (χ0) is 26.3. The Morgan fingerprint density at radius 2 is 1.94 bits per heavy atom. The average Bonchev–Trinajstić information content (AvgIpc) is 2.83. The van der Waals surface area contributed by atoms with Gasteiger partial charge in [0.25, 0.3) is 5.56 Å². The number of carbonyl (C=O) groups is 1. The van der Waals surface area contributed by atoms with Gasteiger partial charge < -0.3 is 16.2 Å². The third-order valence-corrected chi connectivity index (χ3v) is 6.61. The molecule has 9 heteroatoms. The molecule has 0 saturated heterocycles. The van der Waals surface area contributed by atoms with E-state index in [1.165, 1.54) is 4.68 Å². The van der Waals surface area contributed by atoms with E-state index in [-0.39, 0.29) is 23.2 Å². The lowest BCUT2D eigenvalue weighted by Crippen LogP contribution is -2.31. The van der Waals surface area contributed by atoms with Crippen LogP contribution in [-0.2, 0) is 4.74 Å². The fraction of sp³-hybridized carbons (Fsp3) is 0.407. The van der Waals surface area contributed by atoms with E-state index >= 15 is 0 Å². The van der Waals surface area contributed by atoms with Crippen LogP contribution < -0.4 is 17.0 Å². The maximum absolute atomic E-state index is 13.0. The first-order chi connectivity index (χ1) is 17.1. The number of halogens is 1. The number of hydrogen-bond acceptors (Lipinski definition) is 6. The zero-order valence-corrected chi connectivity index (χ0v) is 21.7. The van der Waals surface area contributed by atoms with Gasteiger partial charge in [0.1, 0.15) is 11.3 Å². The molecule has 0 aliphatic rings. The molecule has 4 N–H and O–H groups in total. The summed E-state index contributed by atoms with van der Waals surface area (Å²) in [5.74, 6) is 0.128. The number of primary amides is 1. The Bertz CT molecular complexity index is 1230. The van der Waals surface area contributed by atoms with Crippen molar-refractivity contribution >= 4 is 23.4 Å². The first-order valence-corrected chi connectivity index (χ1v) is 12.5. The summed E-state index contributed by atoms with van der Waals surface area (Å²) < 4.78 is 6.79. The number of benzene rings is 1. The Kier molecular flexibility index (Phi) is 9.09. The van der Waals surface area contributed by atoms with Gasteiger partial charge in [-0.15, -0.1) is 0 Å². The molecule has 192 valence electrons. The van der Waals surface area contributed by atoms with Crippen LogP contribution in [0.3, 0.4) is 0 Å². The molecule has 1 amide bonds. The molecule has 0 radical (unpaired) electrons. The van der Waals surface area contributed by atoms with Crippen molar-refractivity contribution in [2.45, 2.75) is 70.4 Å². The van der Waals surface area contributed by atoms with Crippen LogP contribution in [-0.4, -0.2) is 26.5 Å². The second-order valence-corrected chi connectivity index (χ2v) is 10.0. The minimum absolute atomic E-state index is 0.128. The molecular formula is C27H34ClN5O3. The van der Waals surface area contributed by atoms with Crippen molar-refractivity contribution in [2.24, 2.45) is 5.73 Å². The Morgan fingerprint density at radius 1 is 1.17 bits per heavy atom. The van der Waals surface area contributed by atoms with Gasteiger partial charge in [-0.1, -0.05) is 30.7 Å². The number of nitrogens with zero attached hydrogens (tertiary/aromatic N) is 3. The predicted octanol–water partition coefficient (Wildman–Crippen LogP) is 5.71. The number of nitrogens with two attached hydrogens (primary N) is 2. The average molecular weight is 512 g/mol. The van der Waals surface area contributed by atoms with Gasteiger partial charge in [-0.05, 0) is 87.8 Å². The zero-order valence-electron chi connectivity index (χ0n) is 21.0. The van der Waals surface area contributed by atoms with Gasteiger partial charge in [-0.3, -0.25) is 9.78 Å². The number of pyridine rings is 1. The molecule has 0 aliphatic carbocycles. The predicted molar refractivity (Wildman–Crippen MR) is 143 cm³/mol. The van der Waals surface area contributed by atoms with Crippen LogP contribution in [0.25, 0.3) is 11.3 Å². The monoisotopic (exact) mass is 511 g/mol. The Morgan fingerprint density at radius 3 is 2.58 bits per heavy atom. The summed E-state index contributed by atoms with van der Waals surface area (Å²) in [7, 11) is 0. The quantitative estimate of drug-likeness (QED) is 0.339. The molecular weight excluding hydrogens is 478 g/mol. The molecule has 1 aromatic carbocycles. The Labute approximate surface area is 216 Å². The van der Waals surface area contributed by atoms with Gasteiger partial charge in [0.2, 0.25) is 0 Å². The molecule has 3 rings (SSSR count). The first kappa shape index (κ1) is 27.2. The van der Waals surface area contributed by atoms with E-state index in [1.54, 1.807) is 18.5 Å². The molecule has 0 bridgehead atoms. The van der Waals surface area contributed by atoms with Crippen LogP contribution in [0.4, 0.5) is 10.5 Å². The number of anilines is 1. The lowest BCUT2D eigenvalue weighted by molar-refractivity contribution is 0.0359. The summed E-state index contributed by atoms with van der Waals surface area (Å²) in [6, 6.07) is 12.9. The summed E-state index contributed by atoms with van der Waals surface area (Å²) in [5.41, 5.74) is 13.0. The van der Waals surface area contributed by atoms with Gasteiger partial charge in [0.05, 0.1) is 11.7 Å². The molecule has 0 spiro atoms. The second-order valence-electron chi connectivity index (χ2n) is 9.59. The number of carbonyl (C=O) groups excluding carboxylic acids is 1. The summed E-state index contributed by atoms with van der Waals surface area (Å²) in [6.45, 7) is 5.72. The molecule has 36 heavy (non-hydrogen) atoms. The minimum atomic E-state index is -0.790. The lowest BCUT2D eigenvalue weighted by Gasteiger charge is -2.28. The maximum atomic E-state index is 13.0. The van der Waals surface area contributed by atoms with E-state index in [1.807, 2.05) is 57.2 Å². The SMILES string of the molecule is CCC(CCC(CCC(C)(C)OC(N)=O)c1cccc(Cl)c1)n1nc(-c2cccnc2)cc(N)c1=O. The third-order valence-electron chi connectivity index (χ3n) is 6.38. The third kappa shape index (κ3) is 7.31. The van der Waals surface area contributed by atoms with E-state index in [4.69, 9.17) is 27.8 Å². The van der Waals surface area contributed by atoms with E-state index < -0.39 is 11.7 Å². The smallest absolute Gasteiger partial charge is 0.405 e. The van der Waals surface area contributed by atoms with Gasteiger partial charge in [0, 0.05) is 23.0 Å². The molecule has 2 heterocycles. The van der Waals surface area contributed by atoms with Gasteiger partial charge in [-0.25, -0.2) is 9.48 Å². The van der Waals surface area contributed by atoms with E-state index in [9.17, 15) is 9.59 Å². The fourth-order valence-corrected chi connectivity index (χ4v) is 4.61. The number of ether oxygens (including phenoxy) is 1. The minimum Gasteiger partial charge on any atom is -0.444 e. The van der Waals surface area contributed by atoms with Crippen molar-refractivity contribution in [3.8, 4) is 11.3 Å². The van der Waals surface area contributed by atoms with Crippen molar-refractivity contribution in [1.82, 2.24) is 14.8 Å². The standard InChI is InChI=1S/C27H34ClN5O3/c1-4-22(33-25(34)23(29)16-24(32-33)20-8-6-14-31-17-20)11-10-18(19-7-5-9-21(28)15-19)12-13-27(2,3)36-26(30)35/h5-9,14-18,22H,4,10-13,29H2,1-3H3,(H2,30,35). The molecule has 2 unspecified atom stereocenters. The summed E-state index contributed by atoms with van der Waals surface area (Å²) in [5, 5.41) is 5.31. The summed E-state index contributed by atoms with van der Waals surface area (Å²) in [6.07, 6.45) is 6.14. The topological polar surface area (TPSA) is 126 Å². The number of amides is 1. The summed E-state index contributed by atoms with van der Waals surface area (Å²) in [4.78, 5) is 28.4. The summed E-state index contributed by atoms with van der Waals surface area (Å²) >= 11 is 6.29. The molecule has 0 fully saturated rings. The van der Waals surface area contributed by atoms with Crippen molar-refractivity contribution in [1.29, 1.82) is 0 Å². The van der Waals surface area contributed by atoms with Gasteiger partial charge in [-0.2, -0.15) is 5.10 Å². The van der Waals surface area contributed by atoms with Gasteiger partial charge in [0.15, 0.2) is 0 Å². The highest BCUT2D eigenvalue weighted by Crippen LogP contribution is 2.34. The normalized spacial score (nSPS) is 13.2. The maximum Gasteiger partial charge on any atom is 0.405 e. The number of nitrogen functional groups attached to an aromatic ring is 1. The van der Waals surface area contributed by atoms with E-state index in [0.717, 1.165) is 24.0 Å². The Hall–Kier alpha value is -3.39. The van der Waals surface area contributed by atoms with Crippen LogP contribution in [0.1, 0.15) is 70.4 Å². The van der Waals surface area contributed by atoms with Crippen molar-refractivity contribution in [2.75, 3.05) is 5.73 Å². The highest BCUT2D eigenvalue weighted by Gasteiger charge is 2.25. The van der Waals surface area contributed by atoms with Crippen LogP contribution in [0.5, 0.6) is 0 Å². The van der Waals surface area contributed by atoms with Crippen molar-refractivity contribution in [3.05, 3.63) is 75.8 Å². The molecule has 3 aromatic rings. The van der Waals surface area contributed by atoms with Crippen LogP contribution in [0.15, 0.2) is 59.7 Å². The first-order valence-electron chi connectivity index (χ1n) is 12.1. The largest absolute Gasteiger partial charge is 0.444 e. The van der Waals surface area contributed by atoms with Crippen LogP contribution in [0, 0.1) is 0 Å². The highest BCUT2D eigenvalue weighted by molar-refractivity contribution is 6.30.